The van der Waals surface area contributed by atoms with Crippen LogP contribution in [0.15, 0.2) is 0 Å². The quantitative estimate of drug-likeness (QED) is 0.637. The maximum atomic E-state index is 9.65. The number of unbranched alkanes of at least 4 members (excludes halogenated alkanes) is 1. The van der Waals surface area contributed by atoms with Crippen LogP contribution in [0.1, 0.15) is 33.1 Å². The first kappa shape index (κ1) is 22.5. The highest BCUT2D eigenvalue weighted by atomic mass is 16.4. The lowest BCUT2D eigenvalue weighted by molar-refractivity contribution is -0.361. The number of hydrogen-bond donors (Lipinski definition) is 2. The third-order valence-corrected chi connectivity index (χ3v) is 0.734. The molecule has 0 saturated carbocycles. The number of hydrogen-bond acceptors (Lipinski definition) is 3. The number of quaternary nitrogens is 2. The second-order valence-electron chi connectivity index (χ2n) is 1.76. The molecule has 0 aliphatic rings. The monoisotopic (exact) mass is 182 g/mol. The van der Waals surface area contributed by atoms with Crippen LogP contribution in [-0.2, 0) is 4.79 Å². The Kier molecular flexibility index (Phi) is 42.1. The number of carboxylic acids is 1. The van der Waals surface area contributed by atoms with Crippen LogP contribution in [0.4, 0.5) is 0 Å². The van der Waals surface area contributed by atoms with Crippen LogP contribution in [0, 0.1) is 0 Å². The minimum Gasteiger partial charge on any atom is -0.855 e. The Bertz CT molecular complexity index is 79.1. The molecule has 0 aromatic rings. The van der Waals surface area contributed by atoms with Crippen LogP contribution < -0.4 is 22.5 Å². The average Bonchev–Trinajstić information content (AvgIpc) is 1.85. The van der Waals surface area contributed by atoms with E-state index in [2.05, 4.69) is 0 Å². The number of aliphatic carboxylic acids is 1. The highest BCUT2D eigenvalue weighted by molar-refractivity contribution is 5.63. The van der Waals surface area contributed by atoms with E-state index in [4.69, 9.17) is 5.11 Å². The molecule has 0 heterocycles. The lowest BCUT2D eigenvalue weighted by atomic mass is 10.3. The van der Waals surface area contributed by atoms with Crippen LogP contribution in [-0.4, -0.2) is 12.6 Å². The van der Waals surface area contributed by atoms with E-state index in [1.54, 1.807) is 6.92 Å². The van der Waals surface area contributed by atoms with E-state index in [0.29, 0.717) is 0 Å². The van der Waals surface area contributed by atoms with E-state index in [1.807, 2.05) is 6.92 Å². The van der Waals surface area contributed by atoms with Crippen molar-refractivity contribution in [1.82, 2.24) is 12.3 Å². The Labute approximate surface area is 74.0 Å². The van der Waals surface area contributed by atoms with Crippen molar-refractivity contribution < 1.29 is 15.0 Å². The topological polar surface area (TPSA) is 136 Å². The van der Waals surface area contributed by atoms with E-state index < -0.39 is 5.97 Å². The van der Waals surface area contributed by atoms with E-state index in [0.717, 1.165) is 12.8 Å². The van der Waals surface area contributed by atoms with Crippen LogP contribution in [0.2, 0.25) is 0 Å². The largest absolute Gasteiger partial charge is 0.855 e. The van der Waals surface area contributed by atoms with Crippen molar-refractivity contribution in [3.8, 4) is 0 Å². The van der Waals surface area contributed by atoms with Crippen LogP contribution in [0.5, 0.6) is 0 Å². The van der Waals surface area contributed by atoms with Crippen molar-refractivity contribution in [3.63, 3.8) is 0 Å². The van der Waals surface area contributed by atoms with Gasteiger partial charge in [0.2, 0.25) is 0 Å². The van der Waals surface area contributed by atoms with Gasteiger partial charge in [0, 0.05) is 5.97 Å². The predicted octanol–water partition coefficient (Wildman–Crippen LogP) is 0.0455. The SMILES string of the molecule is CCCCC(=O)[O-].CC[O-].[NH4+].[NH4+]. The number of carbonyl (C=O) groups is 1. The smallest absolute Gasteiger partial charge is 0.0414 e. The molecule has 0 aliphatic heterocycles. The van der Waals surface area contributed by atoms with Crippen molar-refractivity contribution in [3.05, 3.63) is 0 Å². The van der Waals surface area contributed by atoms with E-state index in [-0.39, 0.29) is 25.3 Å². The molecule has 0 rings (SSSR count). The summed E-state index contributed by atoms with van der Waals surface area (Å²) in [6.07, 6.45) is 1.87. The van der Waals surface area contributed by atoms with Crippen molar-refractivity contribution in [2.24, 2.45) is 0 Å². The number of rotatable bonds is 3. The summed E-state index contributed by atoms with van der Waals surface area (Å²) in [6, 6.07) is 0. The third kappa shape index (κ3) is 58.1. The molecule has 0 aromatic carbocycles. The van der Waals surface area contributed by atoms with Gasteiger partial charge in [0.25, 0.3) is 0 Å². The van der Waals surface area contributed by atoms with Crippen LogP contribution in [0.3, 0.4) is 0 Å². The van der Waals surface area contributed by atoms with Gasteiger partial charge in [-0.1, -0.05) is 20.3 Å². The second kappa shape index (κ2) is 22.4. The van der Waals surface area contributed by atoms with Gasteiger partial charge in [-0.05, 0) is 12.8 Å². The van der Waals surface area contributed by atoms with Gasteiger partial charge in [-0.2, -0.15) is 0 Å². The zero-order valence-corrected chi connectivity index (χ0v) is 8.55. The molecule has 0 radical (unpaired) electrons. The summed E-state index contributed by atoms with van der Waals surface area (Å²) >= 11 is 0. The Morgan fingerprint density at radius 1 is 1.25 bits per heavy atom. The summed E-state index contributed by atoms with van der Waals surface area (Å²) in [5, 5.41) is 18.6. The molecule has 5 heteroatoms. The third-order valence-electron chi connectivity index (χ3n) is 0.734. The van der Waals surface area contributed by atoms with E-state index >= 15 is 0 Å². The van der Waals surface area contributed by atoms with Gasteiger partial charge in [-0.25, -0.2) is 0 Å². The average molecular weight is 182 g/mol. The highest BCUT2D eigenvalue weighted by Gasteiger charge is 1.80. The number of carbonyl (C=O) groups excluding carboxylic acids is 1. The Hall–Kier alpha value is -0.650. The fraction of sp³-hybridized carbons (Fsp3) is 0.857. The molecule has 78 valence electrons. The maximum Gasteiger partial charge on any atom is 0.0414 e. The molecule has 0 aromatic heterocycles. The van der Waals surface area contributed by atoms with E-state index in [1.165, 1.54) is 0 Å². The first-order chi connectivity index (χ1) is 4.68. The van der Waals surface area contributed by atoms with Crippen LogP contribution >= 0.6 is 0 Å². The van der Waals surface area contributed by atoms with Gasteiger partial charge < -0.3 is 27.3 Å². The van der Waals surface area contributed by atoms with Crippen molar-refractivity contribution in [1.29, 1.82) is 0 Å². The molecular formula is C7H22N2O3. The lowest BCUT2D eigenvalue weighted by Gasteiger charge is -1.95. The molecule has 0 saturated heterocycles. The van der Waals surface area contributed by atoms with Gasteiger partial charge >= 0.3 is 0 Å². The fourth-order valence-electron chi connectivity index (χ4n) is 0.321. The second-order valence-corrected chi connectivity index (χ2v) is 1.76. The Morgan fingerprint density at radius 2 is 1.58 bits per heavy atom. The summed E-state index contributed by atoms with van der Waals surface area (Å²) in [4.78, 5) is 9.65. The minimum absolute atomic E-state index is 0. The molecule has 0 fully saturated rings. The first-order valence-electron chi connectivity index (χ1n) is 3.46. The van der Waals surface area contributed by atoms with Gasteiger partial charge in [-0.3, -0.25) is 0 Å². The predicted molar refractivity (Wildman–Crippen MR) is 47.0 cm³/mol. The first-order valence-corrected chi connectivity index (χ1v) is 3.46. The van der Waals surface area contributed by atoms with Crippen molar-refractivity contribution in [2.75, 3.05) is 6.61 Å². The standard InChI is InChI=1S/C5H10O2.C2H5O.2H3N/c1-2-3-4-5(6)7;1-2-3;;/h2-4H2,1H3,(H,6,7);2H2,1H3;2*1H3/q;-1;;/p+1. The molecule has 0 spiro atoms. The molecule has 0 aliphatic carbocycles. The molecule has 12 heavy (non-hydrogen) atoms. The van der Waals surface area contributed by atoms with E-state index in [9.17, 15) is 9.90 Å². The summed E-state index contributed by atoms with van der Waals surface area (Å²) in [5.74, 6) is -0.943. The molecule has 0 amide bonds. The summed E-state index contributed by atoms with van der Waals surface area (Å²) in [7, 11) is 0. The summed E-state index contributed by atoms with van der Waals surface area (Å²) < 4.78 is 0. The van der Waals surface area contributed by atoms with Crippen molar-refractivity contribution in [2.45, 2.75) is 33.1 Å². The van der Waals surface area contributed by atoms with Gasteiger partial charge in [-0.15, -0.1) is 6.61 Å². The lowest BCUT2D eigenvalue weighted by Crippen LogP contribution is -2.21. The zero-order valence-electron chi connectivity index (χ0n) is 8.55. The summed E-state index contributed by atoms with van der Waals surface area (Å²) in [6.45, 7) is 3.52. The highest BCUT2D eigenvalue weighted by Crippen LogP contribution is 1.89. The van der Waals surface area contributed by atoms with Gasteiger partial charge in [0.1, 0.15) is 0 Å². The molecular weight excluding hydrogens is 160 g/mol. The molecule has 8 N–H and O–H groups in total. The Morgan fingerprint density at radius 3 is 1.67 bits per heavy atom. The van der Waals surface area contributed by atoms with Crippen molar-refractivity contribution >= 4 is 5.97 Å². The number of carboxylic acid groups (broad SMARTS) is 1. The summed E-state index contributed by atoms with van der Waals surface area (Å²) in [5.41, 5.74) is 0. The molecule has 5 nitrogen and oxygen atoms in total. The maximum absolute atomic E-state index is 9.65. The molecule has 0 bridgehead atoms. The van der Waals surface area contributed by atoms with Crippen LogP contribution in [0.25, 0.3) is 0 Å². The molecule has 0 unspecified atom stereocenters. The van der Waals surface area contributed by atoms with Gasteiger partial charge in [0.05, 0.1) is 0 Å². The molecule has 0 atom stereocenters. The Balaban J connectivity index is -0.0000000569. The minimum atomic E-state index is -0.943. The fourth-order valence-corrected chi connectivity index (χ4v) is 0.321. The normalized spacial score (nSPS) is 6.58. The van der Waals surface area contributed by atoms with Gasteiger partial charge in [0.15, 0.2) is 0 Å². The zero-order chi connectivity index (χ0) is 8.41.